The van der Waals surface area contributed by atoms with Crippen molar-refractivity contribution in [2.75, 3.05) is 19.7 Å². The fraction of sp³-hybridized carbons (Fsp3) is 0.571. The molecule has 156 valence electrons. The lowest BCUT2D eigenvalue weighted by molar-refractivity contribution is -0.205. The molecule has 0 aliphatic carbocycles. The van der Waals surface area contributed by atoms with Gasteiger partial charge in [-0.3, -0.25) is 14.7 Å². The predicted molar refractivity (Wildman–Crippen MR) is 111 cm³/mol. The van der Waals surface area contributed by atoms with Gasteiger partial charge in [-0.05, 0) is 45.2 Å². The van der Waals surface area contributed by atoms with Crippen molar-refractivity contribution in [3.63, 3.8) is 0 Å². The molecule has 0 radical (unpaired) electrons. The van der Waals surface area contributed by atoms with Crippen LogP contribution in [0.1, 0.15) is 47.2 Å². The Morgan fingerprint density at radius 3 is 2.86 bits per heavy atom. The van der Waals surface area contributed by atoms with E-state index < -0.39 is 17.2 Å². The molecule has 0 aromatic carbocycles. The number of aromatic nitrogens is 2. The first-order valence-electron chi connectivity index (χ1n) is 10.1. The van der Waals surface area contributed by atoms with Gasteiger partial charge in [0.25, 0.3) is 5.91 Å². The second kappa shape index (κ2) is 8.10. The van der Waals surface area contributed by atoms with Gasteiger partial charge in [0, 0.05) is 43.0 Å². The molecule has 2 aliphatic rings. The van der Waals surface area contributed by atoms with E-state index in [0.717, 1.165) is 38.2 Å². The van der Waals surface area contributed by atoms with Crippen LogP contribution in [0.4, 0.5) is 0 Å². The summed E-state index contributed by atoms with van der Waals surface area (Å²) in [6.45, 7) is 6.86. The van der Waals surface area contributed by atoms with Crippen molar-refractivity contribution in [3.05, 3.63) is 46.2 Å². The zero-order chi connectivity index (χ0) is 20.5. The van der Waals surface area contributed by atoms with Crippen molar-refractivity contribution in [1.82, 2.24) is 20.2 Å². The van der Waals surface area contributed by atoms with Crippen molar-refractivity contribution in [3.8, 4) is 0 Å². The molecule has 29 heavy (non-hydrogen) atoms. The average molecular weight is 417 g/mol. The molecular formula is C21H28N4O3S. The minimum absolute atomic E-state index is 0.255. The summed E-state index contributed by atoms with van der Waals surface area (Å²) in [5, 5.41) is 14.4. The summed E-state index contributed by atoms with van der Waals surface area (Å²) in [4.78, 5) is 24.8. The highest BCUT2D eigenvalue weighted by Crippen LogP contribution is 2.40. The first kappa shape index (κ1) is 20.4. The predicted octanol–water partition coefficient (Wildman–Crippen LogP) is 2.15. The molecule has 1 spiro atoms. The summed E-state index contributed by atoms with van der Waals surface area (Å²) in [5.74, 6) is -0.255. The molecule has 2 aliphatic heterocycles. The Hall–Kier alpha value is -1.87. The molecule has 0 saturated carbocycles. The third-order valence-electron chi connectivity index (χ3n) is 6.20. The maximum atomic E-state index is 12.8. The maximum absolute atomic E-state index is 12.8. The van der Waals surface area contributed by atoms with Crippen LogP contribution < -0.4 is 5.32 Å². The molecule has 2 N–H and O–H groups in total. The lowest BCUT2D eigenvalue weighted by Gasteiger charge is -2.53. The van der Waals surface area contributed by atoms with Crippen molar-refractivity contribution < 1.29 is 14.6 Å². The fourth-order valence-electron chi connectivity index (χ4n) is 4.43. The number of ether oxygens (including phenoxy) is 1. The summed E-state index contributed by atoms with van der Waals surface area (Å²) in [6, 6.07) is 5.38. The van der Waals surface area contributed by atoms with Gasteiger partial charge in [0.05, 0.1) is 16.7 Å². The average Bonchev–Trinajstić information content (AvgIpc) is 3.21. The summed E-state index contributed by atoms with van der Waals surface area (Å²) < 4.78 is 6.15. The van der Waals surface area contributed by atoms with Gasteiger partial charge in [-0.15, -0.1) is 11.3 Å². The smallest absolute Gasteiger partial charge is 0.270 e. The van der Waals surface area contributed by atoms with Gasteiger partial charge >= 0.3 is 0 Å². The number of aliphatic hydroxyl groups excluding tert-OH is 1. The number of hydrogen-bond acceptors (Lipinski definition) is 7. The van der Waals surface area contributed by atoms with Crippen LogP contribution >= 0.6 is 11.3 Å². The fourth-order valence-corrected chi connectivity index (χ4v) is 5.07. The number of piperidine rings is 1. The Morgan fingerprint density at radius 2 is 2.17 bits per heavy atom. The van der Waals surface area contributed by atoms with E-state index in [4.69, 9.17) is 4.74 Å². The summed E-state index contributed by atoms with van der Waals surface area (Å²) in [6.07, 6.45) is 3.18. The monoisotopic (exact) mass is 416 g/mol. The first-order chi connectivity index (χ1) is 13.9. The van der Waals surface area contributed by atoms with Crippen LogP contribution in [-0.4, -0.2) is 62.8 Å². The number of aryl methyl sites for hydroxylation is 1. The van der Waals surface area contributed by atoms with Crippen molar-refractivity contribution in [2.45, 2.75) is 56.9 Å². The Bertz CT molecular complexity index is 851. The standard InChI is InChI=1S/C21H28N4O3S/c1-15-4-3-5-17(23-15)18(26)24-20(2)8-11-28-21(19(20)27)6-9-25(10-7-21)13-16-12-22-14-29-16/h3-5,12,14,19,27H,6-11,13H2,1-2H3,(H,24,26)/t19?,20-/m1/s1. The molecule has 0 bridgehead atoms. The van der Waals surface area contributed by atoms with Crippen LogP contribution in [0.5, 0.6) is 0 Å². The van der Waals surface area contributed by atoms with Crippen LogP contribution in [0.15, 0.2) is 29.9 Å². The van der Waals surface area contributed by atoms with Crippen LogP contribution in [0.2, 0.25) is 0 Å². The number of nitrogens with zero attached hydrogens (tertiary/aromatic N) is 3. The SMILES string of the molecule is Cc1cccc(C(=O)N[C@]2(C)CCOC3(CCN(Cc4cncs4)CC3)C2O)n1. The topological polar surface area (TPSA) is 87.6 Å². The van der Waals surface area contributed by atoms with E-state index in [1.807, 2.05) is 37.7 Å². The molecule has 1 amide bonds. The van der Waals surface area contributed by atoms with Crippen molar-refractivity contribution in [2.24, 2.45) is 0 Å². The second-order valence-electron chi connectivity index (χ2n) is 8.35. The molecule has 2 aromatic heterocycles. The number of pyridine rings is 1. The van der Waals surface area contributed by atoms with E-state index >= 15 is 0 Å². The lowest BCUT2D eigenvalue weighted by atomic mass is 9.73. The highest BCUT2D eigenvalue weighted by Gasteiger charge is 2.53. The molecule has 8 heteroatoms. The van der Waals surface area contributed by atoms with E-state index in [9.17, 15) is 9.90 Å². The zero-order valence-corrected chi connectivity index (χ0v) is 17.7. The Kier molecular flexibility index (Phi) is 5.70. The van der Waals surface area contributed by atoms with Gasteiger partial charge in [0.2, 0.25) is 0 Å². The largest absolute Gasteiger partial charge is 0.388 e. The molecule has 1 unspecified atom stereocenters. The quantitative estimate of drug-likeness (QED) is 0.794. The Labute approximate surface area is 175 Å². The van der Waals surface area contributed by atoms with Crippen LogP contribution in [0.3, 0.4) is 0 Å². The van der Waals surface area contributed by atoms with Crippen molar-refractivity contribution >= 4 is 17.2 Å². The highest BCUT2D eigenvalue weighted by molar-refractivity contribution is 7.09. The Balaban J connectivity index is 1.43. The van der Waals surface area contributed by atoms with Crippen molar-refractivity contribution in [1.29, 1.82) is 0 Å². The van der Waals surface area contributed by atoms with Gasteiger partial charge in [-0.1, -0.05) is 6.07 Å². The minimum Gasteiger partial charge on any atom is -0.388 e. The summed E-state index contributed by atoms with van der Waals surface area (Å²) in [5.41, 5.74) is 1.65. The molecule has 4 rings (SSSR count). The molecule has 7 nitrogen and oxygen atoms in total. The second-order valence-corrected chi connectivity index (χ2v) is 9.32. The van der Waals surface area contributed by atoms with Gasteiger partial charge in [-0.25, -0.2) is 4.98 Å². The highest BCUT2D eigenvalue weighted by atomic mass is 32.1. The third kappa shape index (κ3) is 4.21. The third-order valence-corrected chi connectivity index (χ3v) is 6.96. The van der Waals surface area contributed by atoms with Crippen LogP contribution in [0.25, 0.3) is 0 Å². The van der Waals surface area contributed by atoms with Crippen LogP contribution in [-0.2, 0) is 11.3 Å². The first-order valence-corrected chi connectivity index (χ1v) is 11.0. The number of carbonyl (C=O) groups is 1. The maximum Gasteiger partial charge on any atom is 0.270 e. The molecule has 2 aromatic rings. The lowest BCUT2D eigenvalue weighted by Crippen LogP contribution is -2.69. The Morgan fingerprint density at radius 1 is 1.38 bits per heavy atom. The summed E-state index contributed by atoms with van der Waals surface area (Å²) >= 11 is 1.66. The normalized spacial score (nSPS) is 27.1. The number of aliphatic hydroxyl groups is 1. The number of carbonyl (C=O) groups excluding carboxylic acids is 1. The van der Waals surface area contributed by atoms with Gasteiger partial charge < -0.3 is 15.2 Å². The number of hydrogen-bond donors (Lipinski definition) is 2. The molecule has 2 atom stereocenters. The van der Waals surface area contributed by atoms with Crippen LogP contribution in [0, 0.1) is 6.92 Å². The van der Waals surface area contributed by atoms with E-state index in [1.54, 1.807) is 17.4 Å². The molecule has 2 saturated heterocycles. The van der Waals surface area contributed by atoms with E-state index in [2.05, 4.69) is 20.2 Å². The number of rotatable bonds is 4. The zero-order valence-electron chi connectivity index (χ0n) is 16.9. The molecule has 2 fully saturated rings. The summed E-state index contributed by atoms with van der Waals surface area (Å²) in [7, 11) is 0. The minimum atomic E-state index is -0.775. The molecule has 4 heterocycles. The molecular weight excluding hydrogens is 388 g/mol. The number of nitrogens with one attached hydrogen (secondary N) is 1. The van der Waals surface area contributed by atoms with Gasteiger partial charge in [-0.2, -0.15) is 0 Å². The number of amides is 1. The van der Waals surface area contributed by atoms with Gasteiger partial charge in [0.1, 0.15) is 11.8 Å². The number of likely N-dealkylation sites (tertiary alicyclic amines) is 1. The van der Waals surface area contributed by atoms with Gasteiger partial charge in [0.15, 0.2) is 0 Å². The van der Waals surface area contributed by atoms with E-state index in [1.165, 1.54) is 4.88 Å². The van der Waals surface area contributed by atoms with E-state index in [0.29, 0.717) is 18.7 Å². The van der Waals surface area contributed by atoms with E-state index in [-0.39, 0.29) is 5.91 Å². The number of thiazole rings is 1.